The molecule has 0 bridgehead atoms. The van der Waals surface area contributed by atoms with Crippen LogP contribution in [0.2, 0.25) is 36.3 Å². The molecule has 0 amide bonds. The number of cyclic esters (lactones) is 2. The topological polar surface area (TPSA) is 110 Å². The van der Waals surface area contributed by atoms with Crippen LogP contribution in [0, 0.1) is 0 Å². The molecule has 280 valence electrons. The summed E-state index contributed by atoms with van der Waals surface area (Å²) in [5, 5.41) is 10.8. The van der Waals surface area contributed by atoms with Crippen LogP contribution in [0.15, 0.2) is 95.2 Å². The Morgan fingerprint density at radius 3 is 1.75 bits per heavy atom. The minimum absolute atomic E-state index is 0.0392. The molecule has 2 heterocycles. The summed E-state index contributed by atoms with van der Waals surface area (Å²) >= 11 is 0. The summed E-state index contributed by atoms with van der Waals surface area (Å²) in [6, 6.07) is 19.5. The van der Waals surface area contributed by atoms with E-state index in [9.17, 15) is 14.7 Å². The minimum atomic E-state index is -2.00. The first-order valence-corrected chi connectivity index (χ1v) is 23.3. The summed E-state index contributed by atoms with van der Waals surface area (Å²) in [6.45, 7) is 26.2. The van der Waals surface area contributed by atoms with E-state index in [4.69, 9.17) is 27.8 Å². The van der Waals surface area contributed by atoms with Crippen LogP contribution in [0.1, 0.15) is 66.5 Å². The second kappa shape index (κ2) is 17.4. The van der Waals surface area contributed by atoms with Gasteiger partial charge in [-0.3, -0.25) is 0 Å². The van der Waals surface area contributed by atoms with E-state index in [1.54, 1.807) is 19.9 Å². The van der Waals surface area contributed by atoms with Crippen molar-refractivity contribution < 1.29 is 42.5 Å². The van der Waals surface area contributed by atoms with E-state index >= 15 is 0 Å². The lowest BCUT2D eigenvalue weighted by Gasteiger charge is -2.37. The van der Waals surface area contributed by atoms with Crippen molar-refractivity contribution in [2.75, 3.05) is 13.2 Å². The van der Waals surface area contributed by atoms with Gasteiger partial charge in [-0.25, -0.2) is 9.59 Å². The van der Waals surface area contributed by atoms with Gasteiger partial charge in [-0.1, -0.05) is 102 Å². The normalized spacial score (nSPS) is 18.4. The molecule has 2 aromatic carbocycles. The van der Waals surface area contributed by atoms with Gasteiger partial charge in [-0.15, -0.1) is 0 Å². The maximum Gasteiger partial charge on any atom is 0.343 e. The van der Waals surface area contributed by atoms with Crippen LogP contribution in [0.5, 0.6) is 0 Å². The maximum absolute atomic E-state index is 12.0. The highest BCUT2D eigenvalue weighted by Gasteiger charge is 2.42. The Kier molecular flexibility index (Phi) is 14.3. The van der Waals surface area contributed by atoms with Crippen LogP contribution < -0.4 is 0 Å². The van der Waals surface area contributed by atoms with Crippen molar-refractivity contribution in [3.63, 3.8) is 0 Å². The number of aliphatic hydroxyl groups excluding tert-OH is 1. The van der Waals surface area contributed by atoms with E-state index in [1.807, 2.05) is 60.7 Å². The largest absolute Gasteiger partial charge is 0.489 e. The van der Waals surface area contributed by atoms with Crippen molar-refractivity contribution >= 4 is 28.6 Å². The smallest absolute Gasteiger partial charge is 0.343 e. The third-order valence-electron chi connectivity index (χ3n) is 9.99. The summed E-state index contributed by atoms with van der Waals surface area (Å²) in [5.74, 6) is 0.543. The molecule has 2 aromatic rings. The number of aliphatic hydroxyl groups is 1. The predicted molar refractivity (Wildman–Crippen MR) is 204 cm³/mol. The SMILES string of the molecule is CC1=C(OCc2ccccc2)/C(=C/CO[Si](C)(C)C(C)(C)C)OC1=O.CC1=C(OCc2ccccc2)[C@@H]([C@@H](O)CO[Si](C)(C)C(C)(C)C)OC1=O. The molecule has 0 radical (unpaired) electrons. The Labute approximate surface area is 306 Å². The molecule has 2 aliphatic rings. The van der Waals surface area contributed by atoms with Gasteiger partial charge < -0.3 is 32.9 Å². The highest BCUT2D eigenvalue weighted by atomic mass is 28.4. The molecular weight excluding hydrogens is 681 g/mol. The van der Waals surface area contributed by atoms with Gasteiger partial charge >= 0.3 is 11.9 Å². The van der Waals surface area contributed by atoms with E-state index in [0.29, 0.717) is 48.2 Å². The third kappa shape index (κ3) is 11.5. The lowest BCUT2D eigenvalue weighted by molar-refractivity contribution is -0.146. The predicted octanol–water partition coefficient (Wildman–Crippen LogP) is 8.73. The van der Waals surface area contributed by atoms with Gasteiger partial charge in [0, 0.05) is 0 Å². The van der Waals surface area contributed by atoms with E-state index in [0.717, 1.165) is 11.1 Å². The van der Waals surface area contributed by atoms with Gasteiger partial charge in [0.1, 0.15) is 19.3 Å². The van der Waals surface area contributed by atoms with Crippen LogP contribution in [-0.4, -0.2) is 59.1 Å². The van der Waals surface area contributed by atoms with Crippen molar-refractivity contribution in [1.29, 1.82) is 0 Å². The Morgan fingerprint density at radius 1 is 0.745 bits per heavy atom. The highest BCUT2D eigenvalue weighted by Crippen LogP contribution is 2.38. The molecule has 0 fully saturated rings. The fourth-order valence-electron chi connectivity index (χ4n) is 4.43. The summed E-state index contributed by atoms with van der Waals surface area (Å²) in [7, 11) is -3.85. The lowest BCUT2D eigenvalue weighted by atomic mass is 10.1. The van der Waals surface area contributed by atoms with Crippen molar-refractivity contribution in [2.24, 2.45) is 0 Å². The molecule has 2 atom stereocenters. The number of hydrogen-bond donors (Lipinski definition) is 1. The number of rotatable bonds is 13. The molecule has 4 rings (SSSR count). The Morgan fingerprint density at radius 2 is 1.24 bits per heavy atom. The van der Waals surface area contributed by atoms with Gasteiger partial charge in [-0.2, -0.15) is 0 Å². The second-order valence-corrected chi connectivity index (χ2v) is 25.6. The molecule has 11 heteroatoms. The standard InChI is InChI=1S/C20H30O5Si.C20H28O4Si/c1-14-17(23-12-15-10-8-7-9-11-15)18(25-19(14)22)16(21)13-24-26(5,6)20(2,3)4;1-15-18(22-14-16-10-8-7-9-11-16)17(24-19(15)21)12-13-23-25(5,6)20(2,3)4/h7-11,16,18,21H,12-13H2,1-6H3;7-12H,13-14H2,1-6H3/b;17-12-/t16-,18+;/m0./s1. The van der Waals surface area contributed by atoms with E-state index < -0.39 is 34.8 Å². The van der Waals surface area contributed by atoms with Gasteiger partial charge in [-0.05, 0) is 67.3 Å². The molecule has 0 aromatic heterocycles. The molecule has 1 N–H and O–H groups in total. The van der Waals surface area contributed by atoms with E-state index in [-0.39, 0.29) is 22.7 Å². The Bertz CT molecular complexity index is 1580. The molecule has 0 unspecified atom stereocenters. The first-order chi connectivity index (χ1) is 23.6. The number of esters is 2. The molecule has 0 saturated heterocycles. The van der Waals surface area contributed by atoms with E-state index in [2.05, 4.69) is 67.7 Å². The van der Waals surface area contributed by atoms with Crippen molar-refractivity contribution in [1.82, 2.24) is 0 Å². The summed E-state index contributed by atoms with van der Waals surface area (Å²) in [6.07, 6.45) is 0.0159. The molecule has 51 heavy (non-hydrogen) atoms. The Balaban J connectivity index is 0.000000276. The first-order valence-electron chi connectivity index (χ1n) is 17.5. The fraction of sp³-hybridized carbons (Fsp3) is 0.500. The highest BCUT2D eigenvalue weighted by molar-refractivity contribution is 6.74. The van der Waals surface area contributed by atoms with E-state index in [1.165, 1.54) is 0 Å². The van der Waals surface area contributed by atoms with Crippen LogP contribution in [-0.2, 0) is 50.6 Å². The summed E-state index contributed by atoms with van der Waals surface area (Å²) < 4.78 is 34.6. The maximum atomic E-state index is 12.0. The zero-order valence-corrected chi connectivity index (χ0v) is 34.5. The molecule has 0 aliphatic carbocycles. The first kappa shape index (κ1) is 41.9. The van der Waals surface area contributed by atoms with Crippen LogP contribution in [0.25, 0.3) is 0 Å². The fourth-order valence-corrected chi connectivity index (χ4v) is 6.39. The number of carbonyl (C=O) groups excluding carboxylic acids is 2. The molecule has 2 aliphatic heterocycles. The van der Waals surface area contributed by atoms with Crippen molar-refractivity contribution in [2.45, 2.75) is 117 Å². The van der Waals surface area contributed by atoms with Crippen LogP contribution in [0.3, 0.4) is 0 Å². The summed E-state index contributed by atoms with van der Waals surface area (Å²) in [5.41, 5.74) is 2.92. The van der Waals surface area contributed by atoms with Gasteiger partial charge in [0.15, 0.2) is 40.0 Å². The molecule has 9 nitrogen and oxygen atoms in total. The lowest BCUT2D eigenvalue weighted by Crippen LogP contribution is -2.44. The average Bonchev–Trinajstić information content (AvgIpc) is 3.50. The zero-order valence-electron chi connectivity index (χ0n) is 32.5. The summed E-state index contributed by atoms with van der Waals surface area (Å²) in [4.78, 5) is 23.9. The average molecular weight is 739 g/mol. The quantitative estimate of drug-likeness (QED) is 0.159. The van der Waals surface area contributed by atoms with Gasteiger partial charge in [0.25, 0.3) is 0 Å². The van der Waals surface area contributed by atoms with Gasteiger partial charge in [0.2, 0.25) is 0 Å². The number of hydrogen-bond acceptors (Lipinski definition) is 9. The van der Waals surface area contributed by atoms with Crippen molar-refractivity contribution in [3.05, 3.63) is 106 Å². The third-order valence-corrected chi connectivity index (χ3v) is 19.0. The number of ether oxygens (including phenoxy) is 4. The van der Waals surface area contributed by atoms with Gasteiger partial charge in [0.05, 0.1) is 24.4 Å². The minimum Gasteiger partial charge on any atom is -0.489 e. The number of benzene rings is 2. The monoisotopic (exact) mass is 738 g/mol. The molecule has 0 saturated carbocycles. The van der Waals surface area contributed by atoms with Crippen LogP contribution in [0.4, 0.5) is 0 Å². The molecule has 0 spiro atoms. The second-order valence-electron chi connectivity index (χ2n) is 16.0. The van der Waals surface area contributed by atoms with Crippen LogP contribution >= 0.6 is 0 Å². The number of carbonyl (C=O) groups is 2. The Hall–Kier alpha value is -3.49. The van der Waals surface area contributed by atoms with Crippen molar-refractivity contribution in [3.8, 4) is 0 Å². The molecular formula is C40H58O9Si2. The zero-order chi connectivity index (χ0) is 38.2.